The fourth-order valence-corrected chi connectivity index (χ4v) is 3.00. The summed E-state index contributed by atoms with van der Waals surface area (Å²) in [6.07, 6.45) is 0.260. The maximum atomic E-state index is 12.5. The number of carbonyl (C=O) groups is 2. The highest BCUT2D eigenvalue weighted by Gasteiger charge is 2.17. The number of nitrogens with zero attached hydrogens (tertiary/aromatic N) is 1. The smallest absolute Gasteiger partial charge is 0.251 e. The van der Waals surface area contributed by atoms with Crippen molar-refractivity contribution >= 4 is 11.8 Å². The van der Waals surface area contributed by atoms with Gasteiger partial charge in [-0.1, -0.05) is 24.3 Å². The normalized spacial score (nSPS) is 11.9. The van der Waals surface area contributed by atoms with Gasteiger partial charge in [0.25, 0.3) is 5.91 Å². The first-order valence-corrected chi connectivity index (χ1v) is 9.08. The molecule has 6 heteroatoms. The van der Waals surface area contributed by atoms with Gasteiger partial charge in [0.05, 0.1) is 0 Å². The van der Waals surface area contributed by atoms with Crippen LogP contribution in [0.5, 0.6) is 11.5 Å². The summed E-state index contributed by atoms with van der Waals surface area (Å²) in [4.78, 5) is 26.5. The number of carbonyl (C=O) groups excluding carboxylic acids is 2. The fourth-order valence-electron chi connectivity index (χ4n) is 3.00. The van der Waals surface area contributed by atoms with E-state index in [4.69, 9.17) is 9.47 Å². The van der Waals surface area contributed by atoms with Crippen LogP contribution in [0.1, 0.15) is 34.8 Å². The maximum absolute atomic E-state index is 12.5. The van der Waals surface area contributed by atoms with E-state index in [1.54, 1.807) is 11.0 Å². The van der Waals surface area contributed by atoms with E-state index in [9.17, 15) is 9.59 Å². The molecule has 0 bridgehead atoms. The third kappa shape index (κ3) is 4.58. The first-order chi connectivity index (χ1) is 13.1. The van der Waals surface area contributed by atoms with Gasteiger partial charge in [-0.2, -0.15) is 0 Å². The van der Waals surface area contributed by atoms with Crippen LogP contribution in [0.25, 0.3) is 0 Å². The standard InChI is InChI=1S/C21H24N2O4/c1-3-23(13-16-8-9-18-19(12-16)27-14-26-18)20(24)10-11-22-21(25)17-7-5-4-6-15(17)2/h4-9,12H,3,10-11,13-14H2,1-2H3,(H,22,25). The second-order valence-corrected chi connectivity index (χ2v) is 6.42. The average Bonchev–Trinajstić information content (AvgIpc) is 3.14. The first-order valence-electron chi connectivity index (χ1n) is 9.08. The van der Waals surface area contributed by atoms with Gasteiger partial charge < -0.3 is 19.7 Å². The summed E-state index contributed by atoms with van der Waals surface area (Å²) in [6, 6.07) is 13.1. The lowest BCUT2D eigenvalue weighted by Crippen LogP contribution is -2.34. The lowest BCUT2D eigenvalue weighted by molar-refractivity contribution is -0.131. The summed E-state index contributed by atoms with van der Waals surface area (Å²) in [5, 5.41) is 2.82. The fraction of sp³-hybridized carbons (Fsp3) is 0.333. The van der Waals surface area contributed by atoms with E-state index in [1.807, 2.05) is 50.2 Å². The van der Waals surface area contributed by atoms with Gasteiger partial charge in [-0.25, -0.2) is 0 Å². The van der Waals surface area contributed by atoms with E-state index >= 15 is 0 Å². The summed E-state index contributed by atoms with van der Waals surface area (Å²) in [7, 11) is 0. The molecule has 0 fully saturated rings. The monoisotopic (exact) mass is 368 g/mol. The molecule has 1 aliphatic rings. The predicted molar refractivity (Wildman–Crippen MR) is 102 cm³/mol. The summed E-state index contributed by atoms with van der Waals surface area (Å²) < 4.78 is 10.7. The van der Waals surface area contributed by atoms with E-state index < -0.39 is 0 Å². The number of hydrogen-bond acceptors (Lipinski definition) is 4. The number of hydrogen-bond donors (Lipinski definition) is 1. The molecule has 0 atom stereocenters. The molecule has 1 heterocycles. The Hall–Kier alpha value is -3.02. The molecule has 27 heavy (non-hydrogen) atoms. The Morgan fingerprint density at radius 3 is 2.67 bits per heavy atom. The van der Waals surface area contributed by atoms with E-state index in [-0.39, 0.29) is 25.0 Å². The van der Waals surface area contributed by atoms with Crippen molar-refractivity contribution in [2.45, 2.75) is 26.8 Å². The molecule has 0 spiro atoms. The number of ether oxygens (including phenoxy) is 2. The van der Waals surface area contributed by atoms with Crippen molar-refractivity contribution in [1.29, 1.82) is 0 Å². The average molecular weight is 368 g/mol. The molecule has 2 aromatic carbocycles. The second kappa shape index (κ2) is 8.58. The van der Waals surface area contributed by atoms with Crippen molar-refractivity contribution in [2.24, 2.45) is 0 Å². The van der Waals surface area contributed by atoms with Crippen LogP contribution in [0.15, 0.2) is 42.5 Å². The largest absolute Gasteiger partial charge is 0.454 e. The van der Waals surface area contributed by atoms with Crippen LogP contribution in [0.4, 0.5) is 0 Å². The topological polar surface area (TPSA) is 67.9 Å². The highest BCUT2D eigenvalue weighted by Crippen LogP contribution is 2.32. The Morgan fingerprint density at radius 2 is 1.89 bits per heavy atom. The second-order valence-electron chi connectivity index (χ2n) is 6.42. The van der Waals surface area contributed by atoms with Crippen molar-refractivity contribution in [1.82, 2.24) is 10.2 Å². The molecule has 1 aliphatic heterocycles. The third-order valence-electron chi connectivity index (χ3n) is 4.56. The highest BCUT2D eigenvalue weighted by molar-refractivity contribution is 5.95. The molecule has 0 unspecified atom stereocenters. The summed E-state index contributed by atoms with van der Waals surface area (Å²) >= 11 is 0. The van der Waals surface area contributed by atoms with Crippen molar-refractivity contribution in [3.05, 3.63) is 59.2 Å². The van der Waals surface area contributed by atoms with E-state index in [0.717, 1.165) is 16.9 Å². The van der Waals surface area contributed by atoms with Crippen LogP contribution in [0.3, 0.4) is 0 Å². The van der Waals surface area contributed by atoms with Gasteiger partial charge in [0.1, 0.15) is 0 Å². The number of rotatable bonds is 7. The van der Waals surface area contributed by atoms with E-state index in [2.05, 4.69) is 5.32 Å². The maximum Gasteiger partial charge on any atom is 0.251 e. The Morgan fingerprint density at radius 1 is 1.11 bits per heavy atom. The van der Waals surface area contributed by atoms with Crippen molar-refractivity contribution in [3.63, 3.8) is 0 Å². The Balaban J connectivity index is 1.51. The van der Waals surface area contributed by atoms with Crippen LogP contribution in [-0.4, -0.2) is 36.6 Å². The molecule has 6 nitrogen and oxygen atoms in total. The number of fused-ring (bicyclic) bond motifs is 1. The van der Waals surface area contributed by atoms with Gasteiger partial charge in [0.15, 0.2) is 11.5 Å². The van der Waals surface area contributed by atoms with Gasteiger partial charge in [0, 0.05) is 31.6 Å². The zero-order valence-electron chi connectivity index (χ0n) is 15.7. The Kier molecular flexibility index (Phi) is 5.96. The summed E-state index contributed by atoms with van der Waals surface area (Å²) in [5.41, 5.74) is 2.54. The van der Waals surface area contributed by atoms with E-state index in [0.29, 0.717) is 30.9 Å². The predicted octanol–water partition coefficient (Wildman–Crippen LogP) is 2.89. The van der Waals surface area contributed by atoms with Gasteiger partial charge >= 0.3 is 0 Å². The van der Waals surface area contributed by atoms with Crippen LogP contribution in [-0.2, 0) is 11.3 Å². The lowest BCUT2D eigenvalue weighted by atomic mass is 10.1. The summed E-state index contributed by atoms with van der Waals surface area (Å²) in [6.45, 7) is 5.47. The molecule has 3 rings (SSSR count). The van der Waals surface area contributed by atoms with Gasteiger partial charge in [-0.3, -0.25) is 9.59 Å². The van der Waals surface area contributed by atoms with Crippen molar-refractivity contribution < 1.29 is 19.1 Å². The van der Waals surface area contributed by atoms with Gasteiger partial charge in [-0.05, 0) is 43.2 Å². The molecule has 0 saturated heterocycles. The first kappa shape index (κ1) is 18.8. The zero-order chi connectivity index (χ0) is 19.2. The molecule has 0 saturated carbocycles. The highest BCUT2D eigenvalue weighted by atomic mass is 16.7. The number of amides is 2. The molecular formula is C21H24N2O4. The Labute approximate surface area is 159 Å². The van der Waals surface area contributed by atoms with Gasteiger partial charge in [0.2, 0.25) is 12.7 Å². The van der Waals surface area contributed by atoms with E-state index in [1.165, 1.54) is 0 Å². The van der Waals surface area contributed by atoms with Crippen LogP contribution in [0, 0.1) is 6.92 Å². The molecule has 0 aliphatic carbocycles. The number of benzene rings is 2. The molecule has 142 valence electrons. The molecule has 0 radical (unpaired) electrons. The number of nitrogens with one attached hydrogen (secondary N) is 1. The summed E-state index contributed by atoms with van der Waals surface area (Å²) in [5.74, 6) is 1.29. The van der Waals surface area contributed by atoms with Crippen LogP contribution >= 0.6 is 0 Å². The van der Waals surface area contributed by atoms with Crippen LogP contribution in [0.2, 0.25) is 0 Å². The lowest BCUT2D eigenvalue weighted by Gasteiger charge is -2.21. The van der Waals surface area contributed by atoms with Crippen molar-refractivity contribution in [3.8, 4) is 11.5 Å². The van der Waals surface area contributed by atoms with Crippen molar-refractivity contribution in [2.75, 3.05) is 19.9 Å². The molecule has 0 aromatic heterocycles. The van der Waals surface area contributed by atoms with Gasteiger partial charge in [-0.15, -0.1) is 0 Å². The van der Waals surface area contributed by atoms with Crippen LogP contribution < -0.4 is 14.8 Å². The SMILES string of the molecule is CCN(Cc1ccc2c(c1)OCO2)C(=O)CCNC(=O)c1ccccc1C. The molecular weight excluding hydrogens is 344 g/mol. The zero-order valence-corrected chi connectivity index (χ0v) is 15.7. The minimum absolute atomic E-state index is 0.000232. The molecule has 2 aromatic rings. The minimum atomic E-state index is -0.153. The minimum Gasteiger partial charge on any atom is -0.454 e. The quantitative estimate of drug-likeness (QED) is 0.816. The third-order valence-corrected chi connectivity index (χ3v) is 4.56. The number of aryl methyl sites for hydroxylation is 1. The Bertz CT molecular complexity index is 835. The molecule has 1 N–H and O–H groups in total. The molecule has 2 amide bonds.